The van der Waals surface area contributed by atoms with Crippen molar-refractivity contribution >= 4 is 16.9 Å². The molecule has 1 aliphatic heterocycles. The molecule has 7 nitrogen and oxygen atoms in total. The van der Waals surface area contributed by atoms with Gasteiger partial charge in [-0.2, -0.15) is 0 Å². The van der Waals surface area contributed by atoms with Crippen LogP contribution in [0, 0.1) is 13.8 Å². The van der Waals surface area contributed by atoms with Gasteiger partial charge in [0.15, 0.2) is 16.9 Å². The minimum absolute atomic E-state index is 0.125. The molecule has 3 aromatic rings. The van der Waals surface area contributed by atoms with Crippen LogP contribution in [0.4, 0.5) is 0 Å². The van der Waals surface area contributed by atoms with Crippen molar-refractivity contribution in [2.75, 3.05) is 41.4 Å². The lowest BCUT2D eigenvalue weighted by Gasteiger charge is -2.26. The second-order valence-corrected chi connectivity index (χ2v) is 8.78. The molecule has 0 saturated carbocycles. The van der Waals surface area contributed by atoms with Crippen LogP contribution < -0.4 is 14.9 Å². The fourth-order valence-electron chi connectivity index (χ4n) is 4.43. The largest absolute Gasteiger partial charge is 0.493 e. The fraction of sp³-hybridized carbons (Fsp3) is 0.385. The SMILES string of the molecule is COc1ccc(C2c3c(oc4cc(C)c(C)cc4c3=O)C(=O)N2CCCN(C)C)cc1OC. The van der Waals surface area contributed by atoms with Gasteiger partial charge >= 0.3 is 0 Å². The van der Waals surface area contributed by atoms with Crippen LogP contribution in [-0.2, 0) is 0 Å². The van der Waals surface area contributed by atoms with Gasteiger partial charge in [-0.3, -0.25) is 9.59 Å². The molecule has 1 unspecified atom stereocenters. The second kappa shape index (κ2) is 8.90. The maximum absolute atomic E-state index is 13.7. The molecule has 0 aliphatic carbocycles. The van der Waals surface area contributed by atoms with Gasteiger partial charge in [0.05, 0.1) is 31.2 Å². The average Bonchev–Trinajstić information content (AvgIpc) is 3.06. The quantitative estimate of drug-likeness (QED) is 0.543. The van der Waals surface area contributed by atoms with Crippen molar-refractivity contribution in [1.82, 2.24) is 9.80 Å². The lowest BCUT2D eigenvalue weighted by Crippen LogP contribution is -2.32. The Kier molecular flexibility index (Phi) is 6.17. The van der Waals surface area contributed by atoms with E-state index in [9.17, 15) is 9.59 Å². The van der Waals surface area contributed by atoms with Gasteiger partial charge < -0.3 is 23.7 Å². The third kappa shape index (κ3) is 3.97. The second-order valence-electron chi connectivity index (χ2n) is 8.78. The molecule has 2 aromatic carbocycles. The molecular weight excluding hydrogens is 420 g/mol. The van der Waals surface area contributed by atoms with E-state index in [1.807, 2.05) is 52.2 Å². The Morgan fingerprint density at radius 1 is 1.00 bits per heavy atom. The molecular formula is C26H30N2O5. The highest BCUT2D eigenvalue weighted by molar-refractivity contribution is 5.99. The average molecular weight is 451 g/mol. The molecule has 1 aliphatic rings. The Bertz CT molecular complexity index is 1280. The zero-order chi connectivity index (χ0) is 23.9. The van der Waals surface area contributed by atoms with Crippen LogP contribution in [-0.4, -0.2) is 57.1 Å². The Morgan fingerprint density at radius 2 is 1.70 bits per heavy atom. The monoisotopic (exact) mass is 450 g/mol. The summed E-state index contributed by atoms with van der Waals surface area (Å²) >= 11 is 0. The summed E-state index contributed by atoms with van der Waals surface area (Å²) in [6.07, 6.45) is 0.766. The predicted molar refractivity (Wildman–Crippen MR) is 128 cm³/mol. The van der Waals surface area contributed by atoms with E-state index in [1.54, 1.807) is 25.2 Å². The Morgan fingerprint density at radius 3 is 2.36 bits per heavy atom. The topological polar surface area (TPSA) is 72.2 Å². The smallest absolute Gasteiger partial charge is 0.290 e. The maximum Gasteiger partial charge on any atom is 0.290 e. The number of ether oxygens (including phenoxy) is 2. The summed E-state index contributed by atoms with van der Waals surface area (Å²) in [5.41, 5.74) is 3.45. The molecule has 2 heterocycles. The van der Waals surface area contributed by atoms with Gasteiger partial charge in [0, 0.05) is 6.54 Å². The number of methoxy groups -OCH3 is 2. The van der Waals surface area contributed by atoms with Crippen molar-refractivity contribution in [2.24, 2.45) is 0 Å². The third-order valence-corrected chi connectivity index (χ3v) is 6.31. The molecule has 0 bridgehead atoms. The first-order valence-corrected chi connectivity index (χ1v) is 11.0. The standard InChI is InChI=1S/C26H30N2O5/c1-15-12-18-20(13-16(15)2)33-25-22(24(18)29)23(28(26(25)30)11-7-10-27(3)4)17-8-9-19(31-5)21(14-17)32-6/h8-9,12-14,23H,7,10-11H2,1-6H3. The van der Waals surface area contributed by atoms with Crippen molar-refractivity contribution in [3.8, 4) is 11.5 Å². The molecule has 0 fully saturated rings. The summed E-state index contributed by atoms with van der Waals surface area (Å²) < 4.78 is 17.0. The Balaban J connectivity index is 1.92. The number of fused-ring (bicyclic) bond motifs is 2. The highest BCUT2D eigenvalue weighted by atomic mass is 16.5. The van der Waals surface area contributed by atoms with Crippen LogP contribution in [0.1, 0.15) is 45.3 Å². The predicted octanol–water partition coefficient (Wildman–Crippen LogP) is 3.92. The van der Waals surface area contributed by atoms with Crippen LogP contribution in [0.3, 0.4) is 0 Å². The van der Waals surface area contributed by atoms with Crippen molar-refractivity contribution in [3.05, 3.63) is 68.6 Å². The number of hydrogen-bond acceptors (Lipinski definition) is 6. The van der Waals surface area contributed by atoms with Crippen molar-refractivity contribution < 1.29 is 18.7 Å². The third-order valence-electron chi connectivity index (χ3n) is 6.31. The summed E-state index contributed by atoms with van der Waals surface area (Å²) in [6.45, 7) is 5.24. The van der Waals surface area contributed by atoms with E-state index in [1.165, 1.54) is 0 Å². The summed E-state index contributed by atoms with van der Waals surface area (Å²) in [7, 11) is 7.13. The number of nitrogens with zero attached hydrogens (tertiary/aromatic N) is 2. The Labute approximate surface area is 193 Å². The molecule has 0 radical (unpaired) electrons. The number of aryl methyl sites for hydroxylation is 2. The number of hydrogen-bond donors (Lipinski definition) is 0. The molecule has 1 amide bonds. The van der Waals surface area contributed by atoms with Crippen molar-refractivity contribution in [1.29, 1.82) is 0 Å². The summed E-state index contributed by atoms with van der Waals surface area (Å²) in [6, 6.07) is 8.62. The van der Waals surface area contributed by atoms with E-state index in [-0.39, 0.29) is 17.1 Å². The van der Waals surface area contributed by atoms with Gasteiger partial charge in [0.2, 0.25) is 5.76 Å². The maximum atomic E-state index is 13.7. The molecule has 1 aromatic heterocycles. The number of benzene rings is 2. The van der Waals surface area contributed by atoms with E-state index in [0.29, 0.717) is 34.6 Å². The van der Waals surface area contributed by atoms with E-state index in [2.05, 4.69) is 4.90 Å². The molecule has 4 rings (SSSR count). The number of carbonyl (C=O) groups is 1. The van der Waals surface area contributed by atoms with Gasteiger partial charge in [-0.1, -0.05) is 6.07 Å². The number of amides is 1. The summed E-state index contributed by atoms with van der Waals surface area (Å²) in [5.74, 6) is 0.989. The normalized spacial score (nSPS) is 15.4. The molecule has 1 atom stereocenters. The molecule has 0 spiro atoms. The molecule has 174 valence electrons. The summed E-state index contributed by atoms with van der Waals surface area (Å²) in [4.78, 5) is 31.0. The van der Waals surface area contributed by atoms with Crippen molar-refractivity contribution in [2.45, 2.75) is 26.3 Å². The highest BCUT2D eigenvalue weighted by Crippen LogP contribution is 2.41. The van der Waals surface area contributed by atoms with Gasteiger partial charge in [0.25, 0.3) is 5.91 Å². The highest BCUT2D eigenvalue weighted by Gasteiger charge is 2.42. The van der Waals surface area contributed by atoms with Gasteiger partial charge in [-0.05, 0) is 81.9 Å². The number of rotatable bonds is 7. The molecule has 7 heteroatoms. The minimum Gasteiger partial charge on any atom is -0.493 e. The summed E-state index contributed by atoms with van der Waals surface area (Å²) in [5, 5.41) is 0.491. The van der Waals surface area contributed by atoms with Crippen LogP contribution in [0.15, 0.2) is 39.5 Å². The zero-order valence-electron chi connectivity index (χ0n) is 20.0. The van der Waals surface area contributed by atoms with Crippen LogP contribution in [0.25, 0.3) is 11.0 Å². The van der Waals surface area contributed by atoms with E-state index in [4.69, 9.17) is 13.9 Å². The van der Waals surface area contributed by atoms with Crippen LogP contribution in [0.5, 0.6) is 11.5 Å². The lowest BCUT2D eigenvalue weighted by molar-refractivity contribution is 0.0722. The lowest BCUT2D eigenvalue weighted by atomic mass is 9.97. The van der Waals surface area contributed by atoms with E-state index in [0.717, 1.165) is 29.7 Å². The van der Waals surface area contributed by atoms with Gasteiger partial charge in [-0.25, -0.2) is 0 Å². The first-order chi connectivity index (χ1) is 15.8. The van der Waals surface area contributed by atoms with E-state index >= 15 is 0 Å². The van der Waals surface area contributed by atoms with Crippen LogP contribution in [0.2, 0.25) is 0 Å². The van der Waals surface area contributed by atoms with Crippen molar-refractivity contribution in [3.63, 3.8) is 0 Å². The Hall–Kier alpha value is -3.32. The fourth-order valence-corrected chi connectivity index (χ4v) is 4.43. The zero-order valence-corrected chi connectivity index (χ0v) is 20.0. The molecule has 0 N–H and O–H groups in total. The van der Waals surface area contributed by atoms with Gasteiger partial charge in [-0.15, -0.1) is 0 Å². The number of carbonyl (C=O) groups excluding carboxylic acids is 1. The molecule has 33 heavy (non-hydrogen) atoms. The molecule has 0 saturated heterocycles. The minimum atomic E-state index is -0.559. The first kappa shape index (κ1) is 22.9. The van der Waals surface area contributed by atoms with Crippen LogP contribution >= 0.6 is 0 Å². The van der Waals surface area contributed by atoms with E-state index < -0.39 is 6.04 Å². The first-order valence-electron chi connectivity index (χ1n) is 11.0. The van der Waals surface area contributed by atoms with Gasteiger partial charge in [0.1, 0.15) is 5.58 Å².